The fourth-order valence-electron chi connectivity index (χ4n) is 4.67. The summed E-state index contributed by atoms with van der Waals surface area (Å²) in [5, 5.41) is 8.70. The SMILES string of the molecule is CCCCc1nc2c(N)nc3cc(C)sc3c2n1CC1CCN(CCOCCC(=O)O)CC1. The Labute approximate surface area is 198 Å². The molecule has 1 fully saturated rings. The van der Waals surface area contributed by atoms with Crippen LogP contribution in [0.5, 0.6) is 0 Å². The van der Waals surface area contributed by atoms with Crippen LogP contribution in [0.4, 0.5) is 5.82 Å². The first-order chi connectivity index (χ1) is 16.0. The number of aryl methyl sites for hydroxylation is 2. The zero-order chi connectivity index (χ0) is 23.4. The number of fused-ring (bicyclic) bond motifs is 3. The summed E-state index contributed by atoms with van der Waals surface area (Å²) in [6, 6.07) is 2.12. The number of pyridine rings is 1. The number of thiophene rings is 1. The number of anilines is 1. The van der Waals surface area contributed by atoms with Gasteiger partial charge in [-0.05, 0) is 51.3 Å². The number of likely N-dealkylation sites (tertiary alicyclic amines) is 1. The van der Waals surface area contributed by atoms with Crippen LogP contribution >= 0.6 is 11.3 Å². The molecule has 33 heavy (non-hydrogen) atoms. The van der Waals surface area contributed by atoms with Gasteiger partial charge in [-0.2, -0.15) is 0 Å². The number of carboxylic acid groups (broad SMARTS) is 1. The summed E-state index contributed by atoms with van der Waals surface area (Å²) >= 11 is 1.78. The van der Waals surface area contributed by atoms with E-state index in [1.807, 2.05) is 0 Å². The van der Waals surface area contributed by atoms with E-state index in [4.69, 9.17) is 20.6 Å². The molecule has 0 bridgehead atoms. The van der Waals surface area contributed by atoms with Crippen molar-refractivity contribution in [3.63, 3.8) is 0 Å². The number of rotatable bonds is 11. The maximum Gasteiger partial charge on any atom is 0.305 e. The predicted octanol–water partition coefficient (Wildman–Crippen LogP) is 4.08. The second-order valence-electron chi connectivity index (χ2n) is 9.05. The molecule has 8 nitrogen and oxygen atoms in total. The van der Waals surface area contributed by atoms with E-state index in [1.165, 1.54) is 9.58 Å². The van der Waals surface area contributed by atoms with Crippen molar-refractivity contribution in [1.82, 2.24) is 19.4 Å². The lowest BCUT2D eigenvalue weighted by molar-refractivity contribution is -0.138. The average molecular weight is 474 g/mol. The normalized spacial score (nSPS) is 15.7. The number of hydrogen-bond donors (Lipinski definition) is 2. The molecule has 0 amide bonds. The molecule has 0 saturated carbocycles. The molecule has 4 heterocycles. The molecule has 0 atom stereocenters. The molecule has 0 aromatic carbocycles. The lowest BCUT2D eigenvalue weighted by atomic mass is 9.96. The van der Waals surface area contributed by atoms with Crippen LogP contribution in [0, 0.1) is 12.8 Å². The highest BCUT2D eigenvalue weighted by Gasteiger charge is 2.24. The third-order valence-electron chi connectivity index (χ3n) is 6.49. The number of nitrogens with zero attached hydrogens (tertiary/aromatic N) is 4. The summed E-state index contributed by atoms with van der Waals surface area (Å²) in [5.74, 6) is 1.45. The standard InChI is InChI=1S/C24H35N5O3S/c1-3-4-5-19-27-21-22(23-18(26-24(21)25)14-16(2)33-23)29(19)15-17-6-9-28(10-7-17)11-13-32-12-8-20(30)31/h14,17H,3-13,15H2,1-2H3,(H2,25,26)(H,30,31). The number of aromatic nitrogens is 3. The molecule has 3 N–H and O–H groups in total. The van der Waals surface area contributed by atoms with Crippen molar-refractivity contribution >= 4 is 44.4 Å². The highest BCUT2D eigenvalue weighted by Crippen LogP contribution is 2.35. The fraction of sp³-hybridized carbons (Fsp3) is 0.625. The van der Waals surface area contributed by atoms with E-state index in [0.29, 0.717) is 18.3 Å². The Morgan fingerprint density at radius 2 is 2.09 bits per heavy atom. The Balaban J connectivity index is 1.46. The van der Waals surface area contributed by atoms with Crippen molar-refractivity contribution < 1.29 is 14.6 Å². The number of unbranched alkanes of at least 4 members (excludes halogenated alkanes) is 1. The number of ether oxygens (including phenoxy) is 1. The van der Waals surface area contributed by atoms with Gasteiger partial charge in [0, 0.05) is 24.4 Å². The third kappa shape index (κ3) is 5.65. The third-order valence-corrected chi connectivity index (χ3v) is 7.54. The van der Waals surface area contributed by atoms with E-state index in [-0.39, 0.29) is 13.0 Å². The molecule has 3 aromatic rings. The second kappa shape index (κ2) is 10.8. The fourth-order valence-corrected chi connectivity index (χ4v) is 5.68. The first-order valence-electron chi connectivity index (χ1n) is 12.0. The lowest BCUT2D eigenvalue weighted by Gasteiger charge is -2.32. The highest BCUT2D eigenvalue weighted by atomic mass is 32.1. The summed E-state index contributed by atoms with van der Waals surface area (Å²) in [5.41, 5.74) is 9.34. The number of imidazole rings is 1. The molecular weight excluding hydrogens is 438 g/mol. The number of hydrogen-bond acceptors (Lipinski definition) is 7. The van der Waals surface area contributed by atoms with E-state index < -0.39 is 5.97 Å². The van der Waals surface area contributed by atoms with Gasteiger partial charge < -0.3 is 25.0 Å². The summed E-state index contributed by atoms with van der Waals surface area (Å²) in [7, 11) is 0. The molecule has 4 rings (SSSR count). The predicted molar refractivity (Wildman–Crippen MR) is 133 cm³/mol. The zero-order valence-electron chi connectivity index (χ0n) is 19.7. The minimum atomic E-state index is -0.811. The molecule has 9 heteroatoms. The van der Waals surface area contributed by atoms with Crippen molar-refractivity contribution in [2.24, 2.45) is 5.92 Å². The Morgan fingerprint density at radius 3 is 2.82 bits per heavy atom. The topological polar surface area (TPSA) is 107 Å². The van der Waals surface area contributed by atoms with Crippen LogP contribution < -0.4 is 5.73 Å². The van der Waals surface area contributed by atoms with Gasteiger partial charge in [-0.15, -0.1) is 11.3 Å². The molecule has 1 aliphatic heterocycles. The quantitative estimate of drug-likeness (QED) is 0.404. The van der Waals surface area contributed by atoms with E-state index >= 15 is 0 Å². The van der Waals surface area contributed by atoms with Crippen LogP contribution in [-0.4, -0.2) is 63.4 Å². The minimum absolute atomic E-state index is 0.0678. The van der Waals surface area contributed by atoms with Gasteiger partial charge in [0.05, 0.1) is 35.4 Å². The number of nitrogen functional groups attached to an aromatic ring is 1. The molecule has 180 valence electrons. The van der Waals surface area contributed by atoms with Crippen LogP contribution in [-0.2, 0) is 22.5 Å². The summed E-state index contributed by atoms with van der Waals surface area (Å²) in [4.78, 5) is 23.8. The summed E-state index contributed by atoms with van der Waals surface area (Å²) < 4.78 is 9.10. The number of piperidine rings is 1. The molecule has 1 aliphatic rings. The van der Waals surface area contributed by atoms with Gasteiger partial charge in [-0.3, -0.25) is 4.79 Å². The Hall–Kier alpha value is -2.23. The molecule has 0 unspecified atom stereocenters. The van der Waals surface area contributed by atoms with Crippen LogP contribution in [0.2, 0.25) is 0 Å². The number of carboxylic acids is 1. The zero-order valence-corrected chi connectivity index (χ0v) is 20.5. The van der Waals surface area contributed by atoms with E-state index in [2.05, 4.69) is 34.4 Å². The average Bonchev–Trinajstić information content (AvgIpc) is 3.33. The van der Waals surface area contributed by atoms with E-state index in [1.54, 1.807) is 11.3 Å². The minimum Gasteiger partial charge on any atom is -0.481 e. The molecule has 0 spiro atoms. The van der Waals surface area contributed by atoms with Crippen molar-refractivity contribution in [3.8, 4) is 0 Å². The molecule has 0 aliphatic carbocycles. The Morgan fingerprint density at radius 1 is 1.30 bits per heavy atom. The number of nitrogens with two attached hydrogens (primary N) is 1. The maximum absolute atomic E-state index is 10.6. The van der Waals surface area contributed by atoms with Crippen molar-refractivity contribution in [2.75, 3.05) is 38.6 Å². The van der Waals surface area contributed by atoms with Crippen LogP contribution in [0.25, 0.3) is 21.3 Å². The maximum atomic E-state index is 10.6. The second-order valence-corrected chi connectivity index (χ2v) is 10.3. The largest absolute Gasteiger partial charge is 0.481 e. The number of aliphatic carboxylic acids is 1. The van der Waals surface area contributed by atoms with Gasteiger partial charge in [-0.1, -0.05) is 13.3 Å². The smallest absolute Gasteiger partial charge is 0.305 e. The monoisotopic (exact) mass is 473 g/mol. The molecule has 1 saturated heterocycles. The lowest BCUT2D eigenvalue weighted by Crippen LogP contribution is -2.37. The van der Waals surface area contributed by atoms with Gasteiger partial charge >= 0.3 is 5.97 Å². The van der Waals surface area contributed by atoms with Crippen molar-refractivity contribution in [2.45, 2.75) is 58.9 Å². The van der Waals surface area contributed by atoms with Gasteiger partial charge in [0.1, 0.15) is 11.3 Å². The van der Waals surface area contributed by atoms with Crippen LogP contribution in [0.1, 0.15) is 49.7 Å². The first kappa shape index (κ1) is 23.9. The van der Waals surface area contributed by atoms with Gasteiger partial charge in [0.25, 0.3) is 0 Å². The molecule has 3 aromatic heterocycles. The van der Waals surface area contributed by atoms with Crippen molar-refractivity contribution in [3.05, 3.63) is 16.8 Å². The Bertz CT molecular complexity index is 1100. The molecule has 0 radical (unpaired) electrons. The highest BCUT2D eigenvalue weighted by molar-refractivity contribution is 7.19. The summed E-state index contributed by atoms with van der Waals surface area (Å²) in [6.45, 7) is 9.12. The van der Waals surface area contributed by atoms with E-state index in [0.717, 1.165) is 80.7 Å². The van der Waals surface area contributed by atoms with Crippen LogP contribution in [0.3, 0.4) is 0 Å². The van der Waals surface area contributed by atoms with E-state index in [9.17, 15) is 4.79 Å². The molecular formula is C24H35N5O3S. The van der Waals surface area contributed by atoms with Gasteiger partial charge in [0.15, 0.2) is 5.82 Å². The Kier molecular flexibility index (Phi) is 7.82. The van der Waals surface area contributed by atoms with Crippen LogP contribution in [0.15, 0.2) is 6.07 Å². The first-order valence-corrected chi connectivity index (χ1v) is 12.8. The number of carbonyl (C=O) groups is 1. The van der Waals surface area contributed by atoms with Crippen molar-refractivity contribution in [1.29, 1.82) is 0 Å². The van der Waals surface area contributed by atoms with Gasteiger partial charge in [-0.25, -0.2) is 9.97 Å². The summed E-state index contributed by atoms with van der Waals surface area (Å²) in [6.07, 6.45) is 5.55. The van der Waals surface area contributed by atoms with Gasteiger partial charge in [0.2, 0.25) is 0 Å².